The Morgan fingerprint density at radius 3 is 2.62 bits per heavy atom. The molecule has 2 aromatic carbocycles. The van der Waals surface area contributed by atoms with Gasteiger partial charge in [0.05, 0.1) is 12.8 Å². The quantitative estimate of drug-likeness (QED) is 0.302. The molecule has 0 saturated carbocycles. The van der Waals surface area contributed by atoms with Gasteiger partial charge in [0.15, 0.2) is 10.9 Å². The van der Waals surface area contributed by atoms with E-state index in [1.54, 1.807) is 31.4 Å². The number of unbranched alkanes of at least 4 members (excludes halogenated alkanes) is 1. The summed E-state index contributed by atoms with van der Waals surface area (Å²) in [5.74, 6) is 0.477. The number of ether oxygens (including phenoxy) is 1. The summed E-state index contributed by atoms with van der Waals surface area (Å²) in [6, 6.07) is 13.0. The smallest absolute Gasteiger partial charge is 0.257 e. The number of hydrogen-bond acceptors (Lipinski definition) is 7. The van der Waals surface area contributed by atoms with E-state index in [1.165, 1.54) is 23.8 Å². The standard InChI is InChI=1S/C30H36N4O4S/c1-4-5-6-21-7-12-28(38-3)25(17-21)26-19-39-30(32-26)33-29(37)23-10-8-22(9-11-23)27(36)14-16-34-15-13-24(18-34)31-20(2)35/h7-12,17,19,24H,4-6,13-16,18H2,1-3H3,(H,31,35)(H,32,33,37). The summed E-state index contributed by atoms with van der Waals surface area (Å²) in [6.07, 6.45) is 4.54. The van der Waals surface area contributed by atoms with Gasteiger partial charge in [0.1, 0.15) is 5.75 Å². The minimum absolute atomic E-state index is 0.0230. The number of carbonyl (C=O) groups excluding carboxylic acids is 3. The van der Waals surface area contributed by atoms with E-state index >= 15 is 0 Å². The number of likely N-dealkylation sites (tertiary alicyclic amines) is 1. The Hall–Kier alpha value is -3.56. The van der Waals surface area contributed by atoms with Gasteiger partial charge in [-0.05, 0) is 49.1 Å². The molecule has 4 rings (SSSR count). The second-order valence-corrected chi connectivity index (χ2v) is 10.7. The van der Waals surface area contributed by atoms with E-state index < -0.39 is 0 Å². The van der Waals surface area contributed by atoms with Crippen LogP contribution in [0.1, 0.15) is 65.8 Å². The lowest BCUT2D eigenvalue weighted by Gasteiger charge is -2.15. The Morgan fingerprint density at radius 1 is 1.13 bits per heavy atom. The molecule has 206 valence electrons. The lowest BCUT2D eigenvalue weighted by Crippen LogP contribution is -2.36. The Bertz CT molecular complexity index is 1300. The molecule has 1 aromatic heterocycles. The van der Waals surface area contributed by atoms with Gasteiger partial charge in [0, 0.05) is 61.1 Å². The Morgan fingerprint density at radius 2 is 1.90 bits per heavy atom. The summed E-state index contributed by atoms with van der Waals surface area (Å²) in [5, 5.41) is 8.22. The number of methoxy groups -OCH3 is 1. The first-order valence-corrected chi connectivity index (χ1v) is 14.3. The number of ketones is 1. The number of amides is 2. The molecule has 1 aliphatic heterocycles. The third kappa shape index (κ3) is 7.74. The van der Waals surface area contributed by atoms with Crippen molar-refractivity contribution in [3.05, 3.63) is 64.5 Å². The zero-order valence-corrected chi connectivity index (χ0v) is 23.6. The van der Waals surface area contributed by atoms with Gasteiger partial charge in [0.25, 0.3) is 5.91 Å². The van der Waals surface area contributed by atoms with Gasteiger partial charge < -0.3 is 15.0 Å². The Labute approximate surface area is 233 Å². The number of aromatic nitrogens is 1. The number of carbonyl (C=O) groups is 3. The van der Waals surface area contributed by atoms with Crippen molar-refractivity contribution in [3.63, 3.8) is 0 Å². The molecule has 39 heavy (non-hydrogen) atoms. The van der Waals surface area contributed by atoms with Crippen LogP contribution in [-0.2, 0) is 11.2 Å². The lowest BCUT2D eigenvalue weighted by atomic mass is 10.0. The highest BCUT2D eigenvalue weighted by molar-refractivity contribution is 7.14. The molecule has 1 aliphatic rings. The van der Waals surface area contributed by atoms with Gasteiger partial charge in [-0.15, -0.1) is 11.3 Å². The summed E-state index contributed by atoms with van der Waals surface area (Å²) in [6.45, 7) is 5.98. The number of anilines is 1. The minimum atomic E-state index is -0.278. The van der Waals surface area contributed by atoms with Crippen molar-refractivity contribution < 1.29 is 19.1 Å². The van der Waals surface area contributed by atoms with Crippen LogP contribution in [0.2, 0.25) is 0 Å². The molecule has 0 radical (unpaired) electrons. The molecule has 0 spiro atoms. The zero-order chi connectivity index (χ0) is 27.8. The average molecular weight is 549 g/mol. The maximum Gasteiger partial charge on any atom is 0.257 e. The molecule has 9 heteroatoms. The minimum Gasteiger partial charge on any atom is -0.496 e. The third-order valence-electron chi connectivity index (χ3n) is 6.89. The summed E-state index contributed by atoms with van der Waals surface area (Å²) in [7, 11) is 1.64. The van der Waals surface area contributed by atoms with Crippen LogP contribution in [0.4, 0.5) is 5.13 Å². The summed E-state index contributed by atoms with van der Waals surface area (Å²) in [5.41, 5.74) is 3.93. The van der Waals surface area contributed by atoms with Crippen molar-refractivity contribution >= 4 is 34.1 Å². The number of aryl methyl sites for hydroxylation is 1. The maximum atomic E-state index is 12.9. The van der Waals surface area contributed by atoms with Crippen LogP contribution in [-0.4, -0.2) is 60.3 Å². The second-order valence-electron chi connectivity index (χ2n) is 9.87. The van der Waals surface area contributed by atoms with Gasteiger partial charge in [-0.25, -0.2) is 4.98 Å². The number of hydrogen-bond donors (Lipinski definition) is 2. The van der Waals surface area contributed by atoms with Crippen molar-refractivity contribution in [2.75, 3.05) is 32.1 Å². The van der Waals surface area contributed by atoms with Crippen LogP contribution >= 0.6 is 11.3 Å². The third-order valence-corrected chi connectivity index (χ3v) is 7.65. The molecule has 0 bridgehead atoms. The maximum absolute atomic E-state index is 12.9. The van der Waals surface area contributed by atoms with Crippen LogP contribution in [0, 0.1) is 0 Å². The molecule has 1 atom stereocenters. The Balaban J connectivity index is 1.32. The summed E-state index contributed by atoms with van der Waals surface area (Å²) >= 11 is 1.36. The lowest BCUT2D eigenvalue weighted by molar-refractivity contribution is -0.119. The molecular formula is C30H36N4O4S. The van der Waals surface area contributed by atoms with E-state index in [2.05, 4.69) is 39.6 Å². The van der Waals surface area contributed by atoms with Crippen LogP contribution in [0.25, 0.3) is 11.3 Å². The van der Waals surface area contributed by atoms with Crippen molar-refractivity contribution in [2.45, 2.75) is 52.0 Å². The predicted octanol–water partition coefficient (Wildman–Crippen LogP) is 5.20. The van der Waals surface area contributed by atoms with Gasteiger partial charge >= 0.3 is 0 Å². The predicted molar refractivity (Wildman–Crippen MR) is 155 cm³/mol. The second kappa shape index (κ2) is 13.5. The fraction of sp³-hybridized carbons (Fsp3) is 0.400. The van der Waals surface area contributed by atoms with E-state index in [9.17, 15) is 14.4 Å². The number of nitrogens with zero attached hydrogens (tertiary/aromatic N) is 2. The number of rotatable bonds is 12. The van der Waals surface area contributed by atoms with Crippen molar-refractivity contribution in [2.24, 2.45) is 0 Å². The van der Waals surface area contributed by atoms with Crippen LogP contribution < -0.4 is 15.4 Å². The average Bonchev–Trinajstić information content (AvgIpc) is 3.59. The van der Waals surface area contributed by atoms with E-state index in [-0.39, 0.29) is 23.6 Å². The van der Waals surface area contributed by atoms with Crippen molar-refractivity contribution in [1.82, 2.24) is 15.2 Å². The number of benzene rings is 2. The van der Waals surface area contributed by atoms with E-state index in [1.807, 2.05) is 11.4 Å². The molecule has 1 fully saturated rings. The number of nitrogens with one attached hydrogen (secondary N) is 2. The highest BCUT2D eigenvalue weighted by Crippen LogP contribution is 2.33. The Kier molecular flexibility index (Phi) is 9.84. The van der Waals surface area contributed by atoms with E-state index in [0.717, 1.165) is 55.8 Å². The first kappa shape index (κ1) is 28.4. The monoisotopic (exact) mass is 548 g/mol. The molecular weight excluding hydrogens is 512 g/mol. The number of thiazole rings is 1. The fourth-order valence-corrected chi connectivity index (χ4v) is 5.47. The molecule has 2 N–H and O–H groups in total. The van der Waals surface area contributed by atoms with Gasteiger partial charge in [-0.1, -0.05) is 31.5 Å². The van der Waals surface area contributed by atoms with Gasteiger partial charge in [-0.3, -0.25) is 19.7 Å². The molecule has 1 unspecified atom stereocenters. The normalized spacial score (nSPS) is 15.2. The van der Waals surface area contributed by atoms with Crippen molar-refractivity contribution in [1.29, 1.82) is 0 Å². The van der Waals surface area contributed by atoms with Crippen LogP contribution in [0.15, 0.2) is 47.8 Å². The number of Topliss-reactive ketones (excluding diaryl/α,β-unsaturated/α-hetero) is 1. The summed E-state index contributed by atoms with van der Waals surface area (Å²) < 4.78 is 5.55. The van der Waals surface area contributed by atoms with E-state index in [0.29, 0.717) is 29.2 Å². The van der Waals surface area contributed by atoms with Gasteiger partial charge in [-0.2, -0.15) is 0 Å². The zero-order valence-electron chi connectivity index (χ0n) is 22.8. The van der Waals surface area contributed by atoms with Crippen molar-refractivity contribution in [3.8, 4) is 17.0 Å². The molecule has 1 saturated heterocycles. The first-order chi connectivity index (χ1) is 18.9. The van der Waals surface area contributed by atoms with E-state index in [4.69, 9.17) is 4.74 Å². The molecule has 8 nitrogen and oxygen atoms in total. The van der Waals surface area contributed by atoms with Crippen LogP contribution in [0.5, 0.6) is 5.75 Å². The molecule has 0 aliphatic carbocycles. The fourth-order valence-electron chi connectivity index (χ4n) is 4.77. The molecule has 2 heterocycles. The van der Waals surface area contributed by atoms with Crippen LogP contribution in [0.3, 0.4) is 0 Å². The summed E-state index contributed by atoms with van der Waals surface area (Å²) in [4.78, 5) is 43.6. The van der Waals surface area contributed by atoms with Gasteiger partial charge in [0.2, 0.25) is 5.91 Å². The highest BCUT2D eigenvalue weighted by atomic mass is 32.1. The highest BCUT2D eigenvalue weighted by Gasteiger charge is 2.23. The SMILES string of the molecule is CCCCc1ccc(OC)c(-c2csc(NC(=O)c3ccc(C(=O)CCN4CCC(NC(C)=O)C4)cc3)n2)c1. The molecule has 2 amide bonds. The largest absolute Gasteiger partial charge is 0.496 e. The molecule has 3 aromatic rings. The first-order valence-electron chi connectivity index (χ1n) is 13.4. The topological polar surface area (TPSA) is 101 Å².